The number of halogens is 3. The van der Waals surface area contributed by atoms with Crippen molar-refractivity contribution in [3.05, 3.63) is 64.2 Å². The van der Waals surface area contributed by atoms with Crippen LogP contribution >= 0.6 is 15.9 Å². The number of hydrogen-bond acceptors (Lipinski definition) is 1. The maximum atomic E-state index is 14.1. The fourth-order valence-corrected chi connectivity index (χ4v) is 2.78. The number of benzene rings is 2. The summed E-state index contributed by atoms with van der Waals surface area (Å²) in [5.41, 5.74) is 2.35. The molecule has 2 aromatic rings. The molecule has 1 unspecified atom stereocenters. The first-order valence-corrected chi connectivity index (χ1v) is 7.09. The molecule has 1 atom stereocenters. The first-order valence-electron chi connectivity index (χ1n) is 6.18. The summed E-state index contributed by atoms with van der Waals surface area (Å²) in [6.45, 7) is 3.48. The summed E-state index contributed by atoms with van der Waals surface area (Å²) in [5.74, 6) is -0.218. The van der Waals surface area contributed by atoms with Crippen LogP contribution in [0.5, 0.6) is 5.75 Å². The van der Waals surface area contributed by atoms with Gasteiger partial charge in [0.1, 0.15) is 17.4 Å². The summed E-state index contributed by atoms with van der Waals surface area (Å²) in [6.07, 6.45) is 0. The molecule has 0 saturated heterocycles. The molecule has 0 aliphatic carbocycles. The summed E-state index contributed by atoms with van der Waals surface area (Å²) in [7, 11) is 1.56. The normalized spacial score (nSPS) is 12.3. The van der Waals surface area contributed by atoms with Gasteiger partial charge in [0.05, 0.1) is 11.9 Å². The SMILES string of the molecule is COc1ccc(C)cc1C(Br)c1cc(F)c(C)cc1F. The standard InChI is InChI=1S/C16H15BrF2O/c1-9-4-5-15(20-3)12(6-9)16(17)11-8-13(18)10(2)7-14(11)19/h4-8,16H,1-3H3. The van der Waals surface area contributed by atoms with Crippen molar-refractivity contribution in [1.29, 1.82) is 0 Å². The Morgan fingerprint density at radius 2 is 1.70 bits per heavy atom. The third-order valence-corrected chi connectivity index (χ3v) is 4.20. The Bertz CT molecular complexity index is 641. The van der Waals surface area contributed by atoms with Crippen LogP contribution in [0.4, 0.5) is 8.78 Å². The largest absolute Gasteiger partial charge is 0.496 e. The fraction of sp³-hybridized carbons (Fsp3) is 0.250. The first-order chi connectivity index (χ1) is 9.43. The van der Waals surface area contributed by atoms with Crippen LogP contribution in [0.3, 0.4) is 0 Å². The zero-order valence-electron chi connectivity index (χ0n) is 11.5. The Kier molecular flexibility index (Phi) is 4.43. The van der Waals surface area contributed by atoms with E-state index in [1.807, 2.05) is 25.1 Å². The average Bonchev–Trinajstić information content (AvgIpc) is 2.42. The molecule has 0 aromatic heterocycles. The second kappa shape index (κ2) is 5.92. The van der Waals surface area contributed by atoms with E-state index >= 15 is 0 Å². The van der Waals surface area contributed by atoms with Crippen LogP contribution in [0.25, 0.3) is 0 Å². The van der Waals surface area contributed by atoms with Gasteiger partial charge in [0.2, 0.25) is 0 Å². The molecule has 1 nitrogen and oxygen atoms in total. The summed E-state index contributed by atoms with van der Waals surface area (Å²) < 4.78 is 33.0. The average molecular weight is 341 g/mol. The number of ether oxygens (including phenoxy) is 1. The van der Waals surface area contributed by atoms with E-state index in [1.165, 1.54) is 12.1 Å². The van der Waals surface area contributed by atoms with Gasteiger partial charge in [0.25, 0.3) is 0 Å². The Morgan fingerprint density at radius 3 is 2.35 bits per heavy atom. The van der Waals surface area contributed by atoms with Gasteiger partial charge in [0.15, 0.2) is 0 Å². The number of aryl methyl sites for hydroxylation is 2. The molecule has 0 aliphatic rings. The molecule has 2 rings (SSSR count). The van der Waals surface area contributed by atoms with Gasteiger partial charge in [0, 0.05) is 11.1 Å². The molecule has 106 valence electrons. The van der Waals surface area contributed by atoms with E-state index in [-0.39, 0.29) is 5.56 Å². The van der Waals surface area contributed by atoms with Crippen molar-refractivity contribution >= 4 is 15.9 Å². The van der Waals surface area contributed by atoms with Crippen LogP contribution < -0.4 is 4.74 Å². The lowest BCUT2D eigenvalue weighted by Crippen LogP contribution is -2.02. The highest BCUT2D eigenvalue weighted by Gasteiger charge is 2.20. The maximum Gasteiger partial charge on any atom is 0.128 e. The van der Waals surface area contributed by atoms with Crippen LogP contribution in [0.2, 0.25) is 0 Å². The van der Waals surface area contributed by atoms with E-state index in [0.717, 1.165) is 11.1 Å². The molecule has 20 heavy (non-hydrogen) atoms. The van der Waals surface area contributed by atoms with Crippen LogP contribution in [0, 0.1) is 25.5 Å². The smallest absolute Gasteiger partial charge is 0.128 e. The molecule has 0 fully saturated rings. The van der Waals surface area contributed by atoms with Crippen molar-refractivity contribution in [1.82, 2.24) is 0 Å². The highest BCUT2D eigenvalue weighted by molar-refractivity contribution is 9.09. The third kappa shape index (κ3) is 2.85. The highest BCUT2D eigenvalue weighted by atomic mass is 79.9. The Hall–Kier alpha value is -1.42. The van der Waals surface area contributed by atoms with Crippen LogP contribution in [0.15, 0.2) is 30.3 Å². The van der Waals surface area contributed by atoms with Gasteiger partial charge >= 0.3 is 0 Å². The number of rotatable bonds is 3. The highest BCUT2D eigenvalue weighted by Crippen LogP contribution is 2.38. The van der Waals surface area contributed by atoms with Crippen molar-refractivity contribution < 1.29 is 13.5 Å². The molecule has 4 heteroatoms. The molecule has 0 radical (unpaired) electrons. The Labute approximate surface area is 125 Å². The van der Waals surface area contributed by atoms with Gasteiger partial charge in [-0.3, -0.25) is 0 Å². The number of alkyl halides is 1. The minimum atomic E-state index is -0.465. The van der Waals surface area contributed by atoms with Gasteiger partial charge < -0.3 is 4.74 Å². The first kappa shape index (κ1) is 15.0. The third-order valence-electron chi connectivity index (χ3n) is 3.21. The van der Waals surface area contributed by atoms with Crippen molar-refractivity contribution in [2.24, 2.45) is 0 Å². The minimum absolute atomic E-state index is 0.261. The minimum Gasteiger partial charge on any atom is -0.496 e. The van der Waals surface area contributed by atoms with Crippen LogP contribution in [-0.2, 0) is 0 Å². The molecule has 0 N–H and O–H groups in total. The second-order valence-electron chi connectivity index (χ2n) is 4.73. The van der Waals surface area contributed by atoms with Gasteiger partial charge in [-0.05, 0) is 37.6 Å². The molecule has 0 saturated carbocycles. The second-order valence-corrected chi connectivity index (χ2v) is 5.65. The lowest BCUT2D eigenvalue weighted by molar-refractivity contribution is 0.410. The van der Waals surface area contributed by atoms with Crippen molar-refractivity contribution in [2.75, 3.05) is 7.11 Å². The van der Waals surface area contributed by atoms with E-state index in [1.54, 1.807) is 14.0 Å². The Morgan fingerprint density at radius 1 is 1.00 bits per heavy atom. The molecular weight excluding hydrogens is 326 g/mol. The lowest BCUT2D eigenvalue weighted by atomic mass is 10.00. The maximum absolute atomic E-state index is 14.1. The summed E-state index contributed by atoms with van der Waals surface area (Å²) in [5, 5.41) is 0. The lowest BCUT2D eigenvalue weighted by Gasteiger charge is -2.16. The molecule has 0 spiro atoms. The van der Waals surface area contributed by atoms with Crippen LogP contribution in [-0.4, -0.2) is 7.11 Å². The van der Waals surface area contributed by atoms with E-state index in [4.69, 9.17) is 4.74 Å². The quantitative estimate of drug-likeness (QED) is 0.708. The van der Waals surface area contributed by atoms with Crippen molar-refractivity contribution in [3.63, 3.8) is 0 Å². The fourth-order valence-electron chi connectivity index (χ4n) is 2.08. The Balaban J connectivity index is 2.54. The van der Waals surface area contributed by atoms with Gasteiger partial charge in [-0.25, -0.2) is 8.78 Å². The van der Waals surface area contributed by atoms with Gasteiger partial charge in [-0.15, -0.1) is 0 Å². The van der Waals surface area contributed by atoms with Gasteiger partial charge in [-0.1, -0.05) is 33.6 Å². The van der Waals surface area contributed by atoms with Crippen molar-refractivity contribution in [2.45, 2.75) is 18.7 Å². The predicted octanol–water partition coefficient (Wildman–Crippen LogP) is 5.07. The zero-order chi connectivity index (χ0) is 14.9. The summed E-state index contributed by atoms with van der Waals surface area (Å²) in [6, 6.07) is 8.07. The van der Waals surface area contributed by atoms with Crippen LogP contribution in [0.1, 0.15) is 27.1 Å². The molecule has 0 aliphatic heterocycles. The predicted molar refractivity (Wildman–Crippen MR) is 79.6 cm³/mol. The molecule has 0 heterocycles. The molecule has 0 bridgehead atoms. The number of hydrogen-bond donors (Lipinski definition) is 0. The zero-order valence-corrected chi connectivity index (χ0v) is 13.1. The van der Waals surface area contributed by atoms with Gasteiger partial charge in [-0.2, -0.15) is 0 Å². The molecule has 0 amide bonds. The van der Waals surface area contributed by atoms with E-state index < -0.39 is 16.5 Å². The van der Waals surface area contributed by atoms with E-state index in [0.29, 0.717) is 11.3 Å². The molecule has 2 aromatic carbocycles. The topological polar surface area (TPSA) is 9.23 Å². The summed E-state index contributed by atoms with van der Waals surface area (Å²) in [4.78, 5) is -0.465. The van der Waals surface area contributed by atoms with Crippen molar-refractivity contribution in [3.8, 4) is 5.75 Å². The summed E-state index contributed by atoms with van der Waals surface area (Å²) >= 11 is 3.44. The molecular formula is C16H15BrF2O. The number of methoxy groups -OCH3 is 1. The van der Waals surface area contributed by atoms with E-state index in [2.05, 4.69) is 15.9 Å². The van der Waals surface area contributed by atoms with E-state index in [9.17, 15) is 8.78 Å². The monoisotopic (exact) mass is 340 g/mol.